The van der Waals surface area contributed by atoms with Gasteiger partial charge in [0.15, 0.2) is 4.80 Å². The molecule has 0 radical (unpaired) electrons. The lowest BCUT2D eigenvalue weighted by Gasteiger charge is -2.26. The molecule has 3 aromatic carbocycles. The third kappa shape index (κ3) is 4.04. The van der Waals surface area contributed by atoms with Gasteiger partial charge in [-0.1, -0.05) is 77.6 Å². The van der Waals surface area contributed by atoms with Crippen molar-refractivity contribution in [3.8, 4) is 0 Å². The molecule has 1 unspecified atom stereocenters. The maximum Gasteiger partial charge on any atom is 0.338 e. The molecule has 0 N–H and O–H groups in total. The van der Waals surface area contributed by atoms with Crippen molar-refractivity contribution in [2.75, 3.05) is 6.61 Å². The summed E-state index contributed by atoms with van der Waals surface area (Å²) in [7, 11) is 0. The molecular formula is C29H26N2O3S. The number of carbonyl (C=O) groups excluding carboxylic acids is 1. The van der Waals surface area contributed by atoms with Gasteiger partial charge in [-0.05, 0) is 61.2 Å². The summed E-state index contributed by atoms with van der Waals surface area (Å²) >= 11 is 1.34. The average molecular weight is 483 g/mol. The Bertz CT molecular complexity index is 1670. The molecule has 5 rings (SSSR count). The maximum absolute atomic E-state index is 13.8. The van der Waals surface area contributed by atoms with Crippen LogP contribution >= 0.6 is 11.3 Å². The van der Waals surface area contributed by atoms with Crippen molar-refractivity contribution in [3.63, 3.8) is 0 Å². The Morgan fingerprint density at radius 2 is 1.74 bits per heavy atom. The third-order valence-electron chi connectivity index (χ3n) is 6.36. The molecule has 1 aliphatic rings. The second-order valence-corrected chi connectivity index (χ2v) is 9.74. The first-order valence-electron chi connectivity index (χ1n) is 11.6. The summed E-state index contributed by atoms with van der Waals surface area (Å²) in [4.78, 5) is 32.3. The van der Waals surface area contributed by atoms with E-state index in [9.17, 15) is 9.59 Å². The molecule has 1 atom stereocenters. The van der Waals surface area contributed by atoms with Crippen molar-refractivity contribution >= 4 is 34.2 Å². The zero-order valence-electron chi connectivity index (χ0n) is 20.2. The van der Waals surface area contributed by atoms with E-state index in [0.29, 0.717) is 20.6 Å². The number of hydrogen-bond donors (Lipinski definition) is 0. The number of ether oxygens (including phenoxy) is 1. The van der Waals surface area contributed by atoms with Crippen molar-refractivity contribution in [2.24, 2.45) is 4.99 Å². The maximum atomic E-state index is 13.8. The molecule has 5 nitrogen and oxygen atoms in total. The smallest absolute Gasteiger partial charge is 0.338 e. The van der Waals surface area contributed by atoms with E-state index in [1.54, 1.807) is 11.5 Å². The summed E-state index contributed by atoms with van der Waals surface area (Å²) < 4.78 is 7.66. The summed E-state index contributed by atoms with van der Waals surface area (Å²) in [5, 5.41) is 2.09. The Hall–Kier alpha value is -3.77. The highest BCUT2D eigenvalue weighted by Gasteiger charge is 2.34. The molecule has 0 saturated heterocycles. The van der Waals surface area contributed by atoms with Crippen LogP contribution in [0.1, 0.15) is 42.1 Å². The van der Waals surface area contributed by atoms with Crippen molar-refractivity contribution in [1.82, 2.24) is 4.57 Å². The molecule has 0 bridgehead atoms. The molecule has 0 fully saturated rings. The predicted molar refractivity (Wildman–Crippen MR) is 140 cm³/mol. The highest BCUT2D eigenvalue weighted by Crippen LogP contribution is 2.35. The van der Waals surface area contributed by atoms with Gasteiger partial charge in [0.25, 0.3) is 5.56 Å². The van der Waals surface area contributed by atoms with Gasteiger partial charge in [0.2, 0.25) is 0 Å². The van der Waals surface area contributed by atoms with Crippen LogP contribution in [0.4, 0.5) is 0 Å². The molecule has 176 valence electrons. The Morgan fingerprint density at radius 1 is 1.03 bits per heavy atom. The lowest BCUT2D eigenvalue weighted by molar-refractivity contribution is -0.139. The first-order valence-corrected chi connectivity index (χ1v) is 12.4. The fourth-order valence-electron chi connectivity index (χ4n) is 4.61. The standard InChI is InChI=1S/C29H26N2O3S/c1-5-34-28(33)25-19(4)30-29-31(27(32)24(35-29)16-20-13-10-17(2)11-14-20)26(25)23-15-12-18(3)21-8-6-7-9-22(21)23/h6-16,26H,5H2,1-4H3/b24-16-. The van der Waals surface area contributed by atoms with Crippen LogP contribution in [0.3, 0.4) is 0 Å². The largest absolute Gasteiger partial charge is 0.463 e. The second-order valence-electron chi connectivity index (χ2n) is 8.73. The first-order chi connectivity index (χ1) is 16.9. The minimum atomic E-state index is -0.629. The van der Waals surface area contributed by atoms with Gasteiger partial charge in [-0.3, -0.25) is 9.36 Å². The fraction of sp³-hybridized carbons (Fsp3) is 0.207. The van der Waals surface area contributed by atoms with Crippen LogP contribution < -0.4 is 14.9 Å². The number of thiazole rings is 1. The molecule has 35 heavy (non-hydrogen) atoms. The molecule has 1 aromatic heterocycles. The Labute approximate surface area is 207 Å². The summed E-state index contributed by atoms with van der Waals surface area (Å²) in [6, 6.07) is 19.5. The molecular weight excluding hydrogens is 456 g/mol. The van der Waals surface area contributed by atoms with Gasteiger partial charge in [-0.2, -0.15) is 0 Å². The first kappa shape index (κ1) is 23.0. The van der Waals surface area contributed by atoms with E-state index < -0.39 is 12.0 Å². The number of allylic oxidation sites excluding steroid dienone is 1. The number of aromatic nitrogens is 1. The summed E-state index contributed by atoms with van der Waals surface area (Å²) in [6.07, 6.45) is 1.89. The van der Waals surface area contributed by atoms with Crippen LogP contribution in [-0.4, -0.2) is 17.1 Å². The number of benzene rings is 3. The number of aryl methyl sites for hydroxylation is 2. The van der Waals surface area contributed by atoms with Crippen LogP contribution in [0.25, 0.3) is 16.8 Å². The van der Waals surface area contributed by atoms with Gasteiger partial charge in [0.1, 0.15) is 0 Å². The van der Waals surface area contributed by atoms with Crippen molar-refractivity contribution in [3.05, 3.63) is 114 Å². The molecule has 6 heteroatoms. The molecule has 0 aliphatic carbocycles. The summed E-state index contributed by atoms with van der Waals surface area (Å²) in [5.74, 6) is -0.448. The SMILES string of the molecule is CCOC(=O)C1=C(C)N=c2s/c(=C\c3ccc(C)cc3)c(=O)n2C1c1ccc(C)c2ccccc12. The summed E-state index contributed by atoms with van der Waals surface area (Å²) in [5.41, 5.74) is 4.92. The van der Waals surface area contributed by atoms with Crippen LogP contribution in [0.2, 0.25) is 0 Å². The zero-order chi connectivity index (χ0) is 24.7. The predicted octanol–water partition coefficient (Wildman–Crippen LogP) is 4.57. The van der Waals surface area contributed by atoms with Gasteiger partial charge >= 0.3 is 5.97 Å². The van der Waals surface area contributed by atoms with E-state index in [4.69, 9.17) is 4.74 Å². The lowest BCUT2D eigenvalue weighted by Crippen LogP contribution is -2.40. The number of fused-ring (bicyclic) bond motifs is 2. The van der Waals surface area contributed by atoms with Crippen molar-refractivity contribution in [2.45, 2.75) is 33.7 Å². The highest BCUT2D eigenvalue weighted by molar-refractivity contribution is 7.07. The number of hydrogen-bond acceptors (Lipinski definition) is 5. The van der Waals surface area contributed by atoms with Crippen molar-refractivity contribution in [1.29, 1.82) is 0 Å². The molecule has 2 heterocycles. The number of esters is 1. The van der Waals surface area contributed by atoms with Gasteiger partial charge < -0.3 is 4.74 Å². The van der Waals surface area contributed by atoms with Crippen LogP contribution in [0.15, 0.2) is 81.7 Å². The lowest BCUT2D eigenvalue weighted by atomic mass is 9.90. The normalized spacial score (nSPS) is 15.8. The fourth-order valence-corrected chi connectivity index (χ4v) is 5.66. The molecule has 0 saturated carbocycles. The molecule has 1 aliphatic heterocycles. The third-order valence-corrected chi connectivity index (χ3v) is 7.35. The Kier molecular flexibility index (Phi) is 5.99. The summed E-state index contributed by atoms with van der Waals surface area (Å²) in [6.45, 7) is 7.93. The van der Waals surface area contributed by atoms with Crippen LogP contribution in [-0.2, 0) is 9.53 Å². The monoisotopic (exact) mass is 482 g/mol. The van der Waals surface area contributed by atoms with Crippen molar-refractivity contribution < 1.29 is 9.53 Å². The number of carbonyl (C=O) groups is 1. The van der Waals surface area contributed by atoms with Crippen LogP contribution in [0.5, 0.6) is 0 Å². The van der Waals surface area contributed by atoms with E-state index in [2.05, 4.69) is 18.0 Å². The average Bonchev–Trinajstić information content (AvgIpc) is 3.15. The minimum Gasteiger partial charge on any atom is -0.463 e. The van der Waals surface area contributed by atoms with Gasteiger partial charge in [-0.25, -0.2) is 9.79 Å². The highest BCUT2D eigenvalue weighted by atomic mass is 32.1. The van der Waals surface area contributed by atoms with E-state index >= 15 is 0 Å². The van der Waals surface area contributed by atoms with Gasteiger partial charge in [0, 0.05) is 0 Å². The van der Waals surface area contributed by atoms with Gasteiger partial charge in [0.05, 0.1) is 28.5 Å². The molecule has 4 aromatic rings. The molecule has 0 amide bonds. The zero-order valence-corrected chi connectivity index (χ0v) is 21.0. The topological polar surface area (TPSA) is 60.7 Å². The van der Waals surface area contributed by atoms with E-state index in [1.807, 2.05) is 74.5 Å². The Morgan fingerprint density at radius 3 is 2.46 bits per heavy atom. The van der Waals surface area contributed by atoms with E-state index in [-0.39, 0.29) is 12.2 Å². The van der Waals surface area contributed by atoms with E-state index in [1.165, 1.54) is 11.3 Å². The molecule has 0 spiro atoms. The minimum absolute atomic E-state index is 0.168. The number of nitrogens with zero attached hydrogens (tertiary/aromatic N) is 2. The second kappa shape index (κ2) is 9.12. The van der Waals surface area contributed by atoms with Crippen LogP contribution in [0, 0.1) is 13.8 Å². The van der Waals surface area contributed by atoms with Gasteiger partial charge in [-0.15, -0.1) is 0 Å². The quantitative estimate of drug-likeness (QED) is 0.401. The number of rotatable bonds is 4. The van der Waals surface area contributed by atoms with E-state index in [0.717, 1.165) is 33.0 Å². The Balaban J connectivity index is 1.81.